The zero-order chi connectivity index (χ0) is 41.3. The summed E-state index contributed by atoms with van der Waals surface area (Å²) in [7, 11) is 0. The van der Waals surface area contributed by atoms with E-state index >= 15 is 0 Å². The van der Waals surface area contributed by atoms with Gasteiger partial charge >= 0.3 is 6.18 Å². The van der Waals surface area contributed by atoms with E-state index in [1.807, 2.05) is 0 Å². The van der Waals surface area contributed by atoms with Crippen molar-refractivity contribution in [3.63, 3.8) is 0 Å². The van der Waals surface area contributed by atoms with Crippen molar-refractivity contribution in [2.24, 2.45) is 33.2 Å². The molecule has 4 aliphatic rings. The molecule has 1 saturated carbocycles. The Labute approximate surface area is 319 Å². The molecule has 13 nitrogen and oxygen atoms in total. The molecule has 4 N–H and O–H groups in total. The summed E-state index contributed by atoms with van der Waals surface area (Å²) in [5.74, 6) is -8.12. The monoisotopic (exact) mass is 796 g/mol. The highest BCUT2D eigenvalue weighted by molar-refractivity contribution is 6.09. The van der Waals surface area contributed by atoms with Gasteiger partial charge in [0.2, 0.25) is 29.8 Å². The minimum atomic E-state index is -4.76. The quantitative estimate of drug-likeness (QED) is 0.150. The number of benzene rings is 1. The molecule has 0 spiro atoms. The molecule has 5 rings (SSSR count). The van der Waals surface area contributed by atoms with Crippen LogP contribution in [-0.4, -0.2) is 87.2 Å². The summed E-state index contributed by atoms with van der Waals surface area (Å²) >= 11 is 0. The molecule has 306 valence electrons. The van der Waals surface area contributed by atoms with E-state index in [1.165, 1.54) is 4.90 Å². The van der Waals surface area contributed by atoms with E-state index in [-0.39, 0.29) is 48.9 Å². The van der Waals surface area contributed by atoms with Crippen LogP contribution in [-0.2, 0) is 30.4 Å². The van der Waals surface area contributed by atoms with Gasteiger partial charge in [0.25, 0.3) is 0 Å². The fourth-order valence-electron chi connectivity index (χ4n) is 7.52. The summed E-state index contributed by atoms with van der Waals surface area (Å²) in [5, 5.41) is 12.1. The molecule has 1 aliphatic carbocycles. The molecule has 1 aromatic carbocycles. The van der Waals surface area contributed by atoms with Crippen LogP contribution in [0, 0.1) is 34.7 Å². The minimum Gasteiger partial charge on any atom is -0.351 e. The van der Waals surface area contributed by atoms with Crippen LogP contribution in [0.3, 0.4) is 0 Å². The third-order valence-electron chi connectivity index (χ3n) is 10.8. The molecular formula is C37H46F6N8O5. The topological polar surface area (TPSA) is 170 Å². The molecule has 1 saturated heterocycles. The van der Waals surface area contributed by atoms with Gasteiger partial charge in [-0.05, 0) is 55.6 Å². The summed E-state index contributed by atoms with van der Waals surface area (Å²) in [6.07, 6.45) is -2.82. The van der Waals surface area contributed by atoms with E-state index < -0.39 is 102 Å². The summed E-state index contributed by atoms with van der Waals surface area (Å²) in [6.45, 7) is 7.09. The molecule has 56 heavy (non-hydrogen) atoms. The van der Waals surface area contributed by atoms with Gasteiger partial charge in [-0.15, -0.1) is 5.11 Å². The zero-order valence-corrected chi connectivity index (χ0v) is 31.4. The third-order valence-corrected chi connectivity index (χ3v) is 10.8. The van der Waals surface area contributed by atoms with E-state index in [0.29, 0.717) is 36.3 Å². The molecule has 0 radical (unpaired) electrons. The lowest BCUT2D eigenvalue weighted by Gasteiger charge is -2.35. The first-order valence-electron chi connectivity index (χ1n) is 18.6. The maximum absolute atomic E-state index is 14.8. The minimum absolute atomic E-state index is 0.121. The van der Waals surface area contributed by atoms with Crippen molar-refractivity contribution in [3.8, 4) is 0 Å². The van der Waals surface area contributed by atoms with Gasteiger partial charge in [0.15, 0.2) is 23.2 Å². The Balaban J connectivity index is 1.34. The molecule has 0 aromatic heterocycles. The van der Waals surface area contributed by atoms with Crippen molar-refractivity contribution in [2.45, 2.75) is 116 Å². The van der Waals surface area contributed by atoms with Crippen molar-refractivity contribution < 1.29 is 50.3 Å². The Bertz CT molecular complexity index is 1810. The number of nitrogens with one attached hydrogen (secondary N) is 2. The highest BCUT2D eigenvalue weighted by Gasteiger charge is 2.52. The van der Waals surface area contributed by atoms with Gasteiger partial charge in [0, 0.05) is 37.5 Å². The molecule has 4 amide bonds. The first-order valence-corrected chi connectivity index (χ1v) is 18.6. The fraction of sp³-hybridized carbons (Fsp3) is 0.595. The number of nitrogens with two attached hydrogens (primary N) is 1. The highest BCUT2D eigenvalue weighted by Crippen LogP contribution is 2.41. The predicted octanol–water partition coefficient (Wildman–Crippen LogP) is 4.53. The van der Waals surface area contributed by atoms with Crippen molar-refractivity contribution in [2.75, 3.05) is 6.54 Å². The second-order valence-corrected chi connectivity index (χ2v) is 15.4. The number of hydrogen-bond acceptors (Lipinski definition) is 9. The summed E-state index contributed by atoms with van der Waals surface area (Å²) in [5.41, 5.74) is 4.43. The number of azo groups is 1. The van der Waals surface area contributed by atoms with Crippen molar-refractivity contribution in [1.29, 1.82) is 0 Å². The molecule has 19 heteroatoms. The number of fused-ring (bicyclic) bond motifs is 1. The number of likely N-dealkylation sites (tertiary alicyclic amines) is 1. The van der Waals surface area contributed by atoms with Gasteiger partial charge in [-0.1, -0.05) is 40.5 Å². The van der Waals surface area contributed by atoms with E-state index in [9.17, 15) is 50.3 Å². The first kappa shape index (κ1) is 42.3. The van der Waals surface area contributed by atoms with Crippen LogP contribution < -0.4 is 16.4 Å². The van der Waals surface area contributed by atoms with Crippen LogP contribution in [0.2, 0.25) is 0 Å². The van der Waals surface area contributed by atoms with Crippen LogP contribution in [0.15, 0.2) is 46.8 Å². The third kappa shape index (κ3) is 8.76. The SMILES string of the molecule is CC(C)C(N)C(=O)C1(C(=O)NC(C(=O)N2CCCC2C(=O)NC(CC(=O)N2C=CN3C(=C2)N=NC3C(F)(F)F)Cc2cc(F)c(F)cc2F)C(C)C)CCCC1. The highest BCUT2D eigenvalue weighted by atomic mass is 19.4. The van der Waals surface area contributed by atoms with Gasteiger partial charge < -0.3 is 21.3 Å². The maximum atomic E-state index is 14.8. The van der Waals surface area contributed by atoms with Crippen LogP contribution in [0.25, 0.3) is 0 Å². The Morgan fingerprint density at radius 1 is 0.929 bits per heavy atom. The fourth-order valence-corrected chi connectivity index (χ4v) is 7.52. The number of amides is 4. The summed E-state index contributed by atoms with van der Waals surface area (Å²) in [6, 6.07) is -3.52. The van der Waals surface area contributed by atoms with Crippen LogP contribution >= 0.6 is 0 Å². The molecule has 5 unspecified atom stereocenters. The molecule has 0 bridgehead atoms. The van der Waals surface area contributed by atoms with Gasteiger partial charge in [-0.25, -0.2) is 13.2 Å². The van der Waals surface area contributed by atoms with E-state index in [1.54, 1.807) is 27.7 Å². The average Bonchev–Trinajstić information content (AvgIpc) is 3.92. The largest absolute Gasteiger partial charge is 0.431 e. The number of carbonyl (C=O) groups excluding carboxylic acids is 5. The Kier molecular flexibility index (Phi) is 12.7. The standard InChI is InChI=1S/C37H46F6N8O5/c1-19(2)29(44)31(53)36(9-5-6-10-36)35(56)46-30(20(3)4)33(55)50-11-7-8-26(50)32(54)45-22(14-21-15-24(39)25(40)17-23(21)38)16-28(52)49-12-13-51-27(18-49)47-48-34(51)37(41,42)43/h12-13,15,17-20,22,26,29-30,34H,5-11,14,16,44H2,1-4H3,(H,45,54)(H,46,56). The summed E-state index contributed by atoms with van der Waals surface area (Å²) in [4.78, 5) is 71.9. The van der Waals surface area contributed by atoms with Crippen LogP contribution in [0.5, 0.6) is 0 Å². The summed E-state index contributed by atoms with van der Waals surface area (Å²) < 4.78 is 82.9. The maximum Gasteiger partial charge on any atom is 0.431 e. The lowest BCUT2D eigenvalue weighted by atomic mass is 9.75. The number of nitrogens with zero attached hydrogens (tertiary/aromatic N) is 5. The molecule has 5 atom stereocenters. The number of ketones is 1. The predicted molar refractivity (Wildman–Crippen MR) is 187 cm³/mol. The number of hydrogen-bond donors (Lipinski definition) is 3. The first-order chi connectivity index (χ1) is 26.2. The van der Waals surface area contributed by atoms with Crippen molar-refractivity contribution in [1.82, 2.24) is 25.3 Å². The van der Waals surface area contributed by atoms with Gasteiger partial charge in [-0.3, -0.25) is 33.8 Å². The second-order valence-electron chi connectivity index (χ2n) is 15.4. The molecule has 1 aromatic rings. The lowest BCUT2D eigenvalue weighted by molar-refractivity contribution is -0.168. The van der Waals surface area contributed by atoms with Crippen LogP contribution in [0.4, 0.5) is 26.3 Å². The van der Waals surface area contributed by atoms with Gasteiger partial charge in [-0.2, -0.15) is 18.3 Å². The van der Waals surface area contributed by atoms with Crippen LogP contribution in [0.1, 0.15) is 78.2 Å². The van der Waals surface area contributed by atoms with E-state index in [4.69, 9.17) is 5.73 Å². The van der Waals surface area contributed by atoms with Crippen molar-refractivity contribution >= 4 is 29.4 Å². The lowest BCUT2D eigenvalue weighted by Crippen LogP contribution is -2.60. The average molecular weight is 797 g/mol. The Hall–Kier alpha value is -4.81. The number of Topliss-reactive ketones (excluding diaryl/α,β-unsaturated/α-hetero) is 1. The number of alkyl halides is 3. The number of carbonyl (C=O) groups is 5. The normalized spacial score (nSPS) is 21.9. The van der Waals surface area contributed by atoms with E-state index in [0.717, 1.165) is 23.5 Å². The Morgan fingerprint density at radius 2 is 1.59 bits per heavy atom. The van der Waals surface area contributed by atoms with Crippen molar-refractivity contribution in [3.05, 3.63) is 59.6 Å². The van der Waals surface area contributed by atoms with E-state index in [2.05, 4.69) is 20.9 Å². The molecule has 3 heterocycles. The smallest absolute Gasteiger partial charge is 0.351 e. The molecule has 2 fully saturated rings. The zero-order valence-electron chi connectivity index (χ0n) is 31.4. The van der Waals surface area contributed by atoms with Gasteiger partial charge in [0.05, 0.1) is 12.2 Å². The van der Waals surface area contributed by atoms with Gasteiger partial charge in [0.1, 0.15) is 23.3 Å². The molecule has 3 aliphatic heterocycles. The number of halogens is 6. The Morgan fingerprint density at radius 3 is 2.21 bits per heavy atom. The second kappa shape index (κ2) is 16.7. The number of rotatable bonds is 13. The molecular weight excluding hydrogens is 750 g/mol.